The summed E-state index contributed by atoms with van der Waals surface area (Å²) in [5.41, 5.74) is 2.18. The van der Waals surface area contributed by atoms with Crippen molar-refractivity contribution in [3.63, 3.8) is 0 Å². The lowest BCUT2D eigenvalue weighted by Gasteiger charge is -2.11. The molecule has 27 heavy (non-hydrogen) atoms. The summed E-state index contributed by atoms with van der Waals surface area (Å²) in [5, 5.41) is 7.30. The van der Waals surface area contributed by atoms with Crippen molar-refractivity contribution < 1.29 is 9.47 Å². The second-order valence-electron chi connectivity index (χ2n) is 5.81. The number of nitrogens with zero attached hydrogens (tertiary/aromatic N) is 2. The van der Waals surface area contributed by atoms with Gasteiger partial charge in [-0.05, 0) is 35.4 Å². The van der Waals surface area contributed by atoms with Crippen LogP contribution in [0.15, 0.2) is 54.9 Å². The van der Waals surface area contributed by atoms with E-state index in [-0.39, 0.29) is 0 Å². The number of benzene rings is 2. The zero-order valence-corrected chi connectivity index (χ0v) is 16.0. The maximum Gasteiger partial charge on any atom is 0.161 e. The van der Waals surface area contributed by atoms with Crippen LogP contribution in [0.5, 0.6) is 11.5 Å². The molecule has 140 valence electrons. The summed E-state index contributed by atoms with van der Waals surface area (Å²) >= 11 is 5.91. The third kappa shape index (κ3) is 5.24. The smallest absolute Gasteiger partial charge is 0.161 e. The van der Waals surface area contributed by atoms with Crippen LogP contribution in [-0.4, -0.2) is 24.2 Å². The zero-order chi connectivity index (χ0) is 19.1. The van der Waals surface area contributed by atoms with Gasteiger partial charge in [0.1, 0.15) is 18.0 Å². The normalized spacial score (nSPS) is 10.3. The van der Waals surface area contributed by atoms with Gasteiger partial charge in [-0.3, -0.25) is 0 Å². The molecule has 1 aromatic heterocycles. The first-order valence-electron chi connectivity index (χ1n) is 8.43. The van der Waals surface area contributed by atoms with Crippen LogP contribution in [0.4, 0.5) is 11.6 Å². The van der Waals surface area contributed by atoms with Crippen molar-refractivity contribution in [2.45, 2.75) is 13.1 Å². The molecule has 0 radical (unpaired) electrons. The lowest BCUT2D eigenvalue weighted by molar-refractivity contribution is 0.354. The number of rotatable bonds is 8. The number of hydrogen-bond acceptors (Lipinski definition) is 6. The molecule has 0 atom stereocenters. The molecular formula is C20H21ClN4O2. The van der Waals surface area contributed by atoms with Crippen LogP contribution in [0.1, 0.15) is 11.1 Å². The largest absolute Gasteiger partial charge is 0.493 e. The van der Waals surface area contributed by atoms with Crippen molar-refractivity contribution in [3.8, 4) is 11.5 Å². The molecule has 0 amide bonds. The van der Waals surface area contributed by atoms with E-state index in [4.69, 9.17) is 21.1 Å². The Labute approximate surface area is 163 Å². The first-order valence-corrected chi connectivity index (χ1v) is 8.81. The maximum atomic E-state index is 5.91. The molecule has 0 aliphatic rings. The van der Waals surface area contributed by atoms with Crippen LogP contribution in [0.3, 0.4) is 0 Å². The lowest BCUT2D eigenvalue weighted by atomic mass is 10.2. The molecule has 0 aliphatic heterocycles. The quantitative estimate of drug-likeness (QED) is 0.601. The fraction of sp³-hybridized carbons (Fsp3) is 0.200. The van der Waals surface area contributed by atoms with E-state index in [0.29, 0.717) is 24.6 Å². The number of nitrogens with one attached hydrogen (secondary N) is 2. The molecule has 3 rings (SSSR count). The van der Waals surface area contributed by atoms with Crippen molar-refractivity contribution >= 4 is 23.2 Å². The fourth-order valence-electron chi connectivity index (χ4n) is 2.53. The van der Waals surface area contributed by atoms with Gasteiger partial charge >= 0.3 is 0 Å². The first kappa shape index (κ1) is 18.8. The Kier molecular flexibility index (Phi) is 6.33. The highest BCUT2D eigenvalue weighted by atomic mass is 35.5. The van der Waals surface area contributed by atoms with Gasteiger partial charge < -0.3 is 20.1 Å². The Morgan fingerprint density at radius 2 is 1.37 bits per heavy atom. The summed E-state index contributed by atoms with van der Waals surface area (Å²) in [6.45, 7) is 1.26. The summed E-state index contributed by atoms with van der Waals surface area (Å²) in [7, 11) is 3.24. The minimum atomic E-state index is 0.605. The van der Waals surface area contributed by atoms with E-state index in [2.05, 4.69) is 20.6 Å². The topological polar surface area (TPSA) is 68.3 Å². The molecule has 2 aromatic carbocycles. The average Bonchev–Trinajstić information content (AvgIpc) is 2.72. The van der Waals surface area contributed by atoms with Crippen LogP contribution in [0.25, 0.3) is 0 Å². The second kappa shape index (κ2) is 9.09. The van der Waals surface area contributed by atoms with Crippen molar-refractivity contribution in [3.05, 3.63) is 71.0 Å². The monoisotopic (exact) mass is 384 g/mol. The van der Waals surface area contributed by atoms with Gasteiger partial charge in [0.2, 0.25) is 0 Å². The summed E-state index contributed by atoms with van der Waals surface area (Å²) in [6.07, 6.45) is 1.53. The van der Waals surface area contributed by atoms with E-state index in [1.165, 1.54) is 6.33 Å². The van der Waals surface area contributed by atoms with Crippen molar-refractivity contribution in [2.24, 2.45) is 0 Å². The Balaban J connectivity index is 1.59. The third-order valence-electron chi connectivity index (χ3n) is 3.98. The highest BCUT2D eigenvalue weighted by Gasteiger charge is 2.05. The van der Waals surface area contributed by atoms with Gasteiger partial charge in [0.25, 0.3) is 0 Å². The molecule has 7 heteroatoms. The fourth-order valence-corrected chi connectivity index (χ4v) is 2.65. The van der Waals surface area contributed by atoms with Gasteiger partial charge in [-0.15, -0.1) is 0 Å². The molecule has 0 saturated carbocycles. The maximum absolute atomic E-state index is 5.91. The van der Waals surface area contributed by atoms with E-state index < -0.39 is 0 Å². The molecule has 0 bridgehead atoms. The Morgan fingerprint density at radius 3 is 2.00 bits per heavy atom. The van der Waals surface area contributed by atoms with Crippen LogP contribution < -0.4 is 20.1 Å². The van der Waals surface area contributed by atoms with Gasteiger partial charge in [-0.25, -0.2) is 9.97 Å². The number of anilines is 2. The second-order valence-corrected chi connectivity index (χ2v) is 6.25. The number of methoxy groups -OCH3 is 2. The minimum Gasteiger partial charge on any atom is -0.493 e. The standard InChI is InChI=1S/C20H21ClN4O2/c1-26-17-8-5-15(9-18(17)27-2)12-23-20-10-19(24-13-25-20)22-11-14-3-6-16(21)7-4-14/h3-10,13H,11-12H2,1-2H3,(H2,22,23,24,25). The molecule has 0 aliphatic carbocycles. The van der Waals surface area contributed by atoms with Gasteiger partial charge in [-0.1, -0.05) is 29.8 Å². The van der Waals surface area contributed by atoms with E-state index in [1.807, 2.05) is 48.5 Å². The highest BCUT2D eigenvalue weighted by molar-refractivity contribution is 6.30. The molecule has 3 aromatic rings. The SMILES string of the molecule is COc1ccc(CNc2cc(NCc3ccc(Cl)cc3)ncn2)cc1OC. The first-order chi connectivity index (χ1) is 13.2. The molecule has 1 heterocycles. The van der Waals surface area contributed by atoms with E-state index in [1.54, 1.807) is 14.2 Å². The van der Waals surface area contributed by atoms with Crippen molar-refractivity contribution in [2.75, 3.05) is 24.9 Å². The molecule has 6 nitrogen and oxygen atoms in total. The number of hydrogen-bond donors (Lipinski definition) is 2. The number of aromatic nitrogens is 2. The Bertz CT molecular complexity index is 887. The summed E-state index contributed by atoms with van der Waals surface area (Å²) in [6, 6.07) is 15.4. The van der Waals surface area contributed by atoms with Crippen molar-refractivity contribution in [1.82, 2.24) is 9.97 Å². The van der Waals surface area contributed by atoms with E-state index in [9.17, 15) is 0 Å². The summed E-state index contributed by atoms with van der Waals surface area (Å²) in [5.74, 6) is 2.88. The molecular weight excluding hydrogens is 364 g/mol. The number of halogens is 1. The van der Waals surface area contributed by atoms with Gasteiger partial charge in [0.15, 0.2) is 11.5 Å². The molecule has 0 spiro atoms. The van der Waals surface area contributed by atoms with Gasteiger partial charge in [-0.2, -0.15) is 0 Å². The van der Waals surface area contributed by atoms with E-state index >= 15 is 0 Å². The van der Waals surface area contributed by atoms with Crippen LogP contribution in [0.2, 0.25) is 5.02 Å². The molecule has 0 unspecified atom stereocenters. The molecule has 2 N–H and O–H groups in total. The third-order valence-corrected chi connectivity index (χ3v) is 4.23. The average molecular weight is 385 g/mol. The number of ether oxygens (including phenoxy) is 2. The highest BCUT2D eigenvalue weighted by Crippen LogP contribution is 2.27. The zero-order valence-electron chi connectivity index (χ0n) is 15.2. The van der Waals surface area contributed by atoms with Crippen LogP contribution in [-0.2, 0) is 13.1 Å². The predicted octanol–water partition coefficient (Wildman–Crippen LogP) is 4.37. The molecule has 0 saturated heterocycles. The lowest BCUT2D eigenvalue weighted by Crippen LogP contribution is -2.05. The summed E-state index contributed by atoms with van der Waals surface area (Å²) < 4.78 is 10.6. The summed E-state index contributed by atoms with van der Waals surface area (Å²) in [4.78, 5) is 8.51. The van der Waals surface area contributed by atoms with Gasteiger partial charge in [0, 0.05) is 24.2 Å². The van der Waals surface area contributed by atoms with Crippen LogP contribution in [0, 0.1) is 0 Å². The van der Waals surface area contributed by atoms with E-state index in [0.717, 1.165) is 27.8 Å². The predicted molar refractivity (Wildman–Crippen MR) is 108 cm³/mol. The molecule has 0 fully saturated rings. The Hall–Kier alpha value is -2.99. The van der Waals surface area contributed by atoms with Gasteiger partial charge in [0.05, 0.1) is 14.2 Å². The van der Waals surface area contributed by atoms with Crippen molar-refractivity contribution in [1.29, 1.82) is 0 Å². The van der Waals surface area contributed by atoms with Crippen LogP contribution >= 0.6 is 11.6 Å². The Morgan fingerprint density at radius 1 is 0.778 bits per heavy atom. The minimum absolute atomic E-state index is 0.605.